The lowest BCUT2D eigenvalue weighted by atomic mass is 10.1. The van der Waals surface area contributed by atoms with E-state index in [1.807, 2.05) is 6.92 Å². The molecule has 0 aliphatic carbocycles. The molecule has 0 fully saturated rings. The standard InChI is InChI=1S/C14H18N4O2S/c1-9-4-13(15)11(3)14(5-9)21(19,20)18-8-12-7-16-10(2)6-17-12/h4-7,18H,8,15H2,1-3H3. The summed E-state index contributed by atoms with van der Waals surface area (Å²) in [5.74, 6) is 0. The second-order valence-electron chi connectivity index (χ2n) is 4.95. The molecule has 0 saturated heterocycles. The van der Waals surface area contributed by atoms with Crippen LogP contribution in [-0.4, -0.2) is 18.4 Å². The van der Waals surface area contributed by atoms with Crippen LogP contribution in [0.25, 0.3) is 0 Å². The van der Waals surface area contributed by atoms with Crippen LogP contribution in [0.2, 0.25) is 0 Å². The van der Waals surface area contributed by atoms with Gasteiger partial charge in [0, 0.05) is 11.9 Å². The fourth-order valence-electron chi connectivity index (χ4n) is 1.89. The van der Waals surface area contributed by atoms with E-state index < -0.39 is 10.0 Å². The van der Waals surface area contributed by atoms with Crippen LogP contribution in [0.15, 0.2) is 29.4 Å². The Hall–Kier alpha value is -1.99. The molecular formula is C14H18N4O2S. The average Bonchev–Trinajstić information content (AvgIpc) is 2.42. The maximum Gasteiger partial charge on any atom is 0.241 e. The number of nitrogen functional groups attached to an aromatic ring is 1. The molecule has 21 heavy (non-hydrogen) atoms. The number of nitrogens with zero attached hydrogens (tertiary/aromatic N) is 2. The van der Waals surface area contributed by atoms with Gasteiger partial charge in [-0.3, -0.25) is 9.97 Å². The first-order valence-electron chi connectivity index (χ1n) is 6.43. The van der Waals surface area contributed by atoms with E-state index in [1.165, 1.54) is 0 Å². The minimum absolute atomic E-state index is 0.0862. The Morgan fingerprint density at radius 3 is 2.48 bits per heavy atom. The summed E-state index contributed by atoms with van der Waals surface area (Å²) >= 11 is 0. The van der Waals surface area contributed by atoms with Crippen molar-refractivity contribution in [1.82, 2.24) is 14.7 Å². The quantitative estimate of drug-likeness (QED) is 0.833. The van der Waals surface area contributed by atoms with Gasteiger partial charge in [-0.25, -0.2) is 13.1 Å². The molecule has 7 heteroatoms. The third kappa shape index (κ3) is 3.56. The van der Waals surface area contributed by atoms with Crippen molar-refractivity contribution in [3.63, 3.8) is 0 Å². The van der Waals surface area contributed by atoms with Crippen LogP contribution in [0.4, 0.5) is 5.69 Å². The highest BCUT2D eigenvalue weighted by atomic mass is 32.2. The summed E-state index contributed by atoms with van der Waals surface area (Å²) in [6, 6.07) is 3.36. The average molecular weight is 306 g/mol. The summed E-state index contributed by atoms with van der Waals surface area (Å²) in [5.41, 5.74) is 8.97. The molecule has 3 N–H and O–H groups in total. The number of rotatable bonds is 4. The smallest absolute Gasteiger partial charge is 0.241 e. The Balaban J connectivity index is 2.25. The largest absolute Gasteiger partial charge is 0.398 e. The highest BCUT2D eigenvalue weighted by molar-refractivity contribution is 7.89. The van der Waals surface area contributed by atoms with Crippen molar-refractivity contribution >= 4 is 15.7 Å². The van der Waals surface area contributed by atoms with Gasteiger partial charge in [-0.2, -0.15) is 0 Å². The van der Waals surface area contributed by atoms with Gasteiger partial charge in [0.25, 0.3) is 0 Å². The maximum absolute atomic E-state index is 12.4. The zero-order valence-electron chi connectivity index (χ0n) is 12.2. The van der Waals surface area contributed by atoms with Gasteiger partial charge >= 0.3 is 0 Å². The van der Waals surface area contributed by atoms with E-state index in [0.29, 0.717) is 16.9 Å². The van der Waals surface area contributed by atoms with Crippen LogP contribution < -0.4 is 10.5 Å². The fraction of sp³-hybridized carbons (Fsp3) is 0.286. The van der Waals surface area contributed by atoms with Crippen molar-refractivity contribution in [2.45, 2.75) is 32.2 Å². The van der Waals surface area contributed by atoms with E-state index in [2.05, 4.69) is 14.7 Å². The van der Waals surface area contributed by atoms with Gasteiger partial charge in [0.15, 0.2) is 0 Å². The molecule has 0 atom stereocenters. The second kappa shape index (κ2) is 5.79. The van der Waals surface area contributed by atoms with Crippen molar-refractivity contribution in [3.05, 3.63) is 47.0 Å². The lowest BCUT2D eigenvalue weighted by Crippen LogP contribution is -2.25. The molecule has 2 aromatic rings. The summed E-state index contributed by atoms with van der Waals surface area (Å²) in [7, 11) is -3.64. The lowest BCUT2D eigenvalue weighted by molar-refractivity contribution is 0.579. The normalized spacial score (nSPS) is 11.6. The summed E-state index contributed by atoms with van der Waals surface area (Å²) in [6.07, 6.45) is 3.15. The molecule has 0 amide bonds. The van der Waals surface area contributed by atoms with Gasteiger partial charge in [-0.05, 0) is 44.0 Å². The summed E-state index contributed by atoms with van der Waals surface area (Å²) in [6.45, 7) is 5.40. The van der Waals surface area contributed by atoms with Gasteiger partial charge in [-0.1, -0.05) is 0 Å². The van der Waals surface area contributed by atoms with E-state index in [0.717, 1.165) is 11.3 Å². The molecule has 112 valence electrons. The molecule has 0 aliphatic rings. The minimum atomic E-state index is -3.64. The number of benzene rings is 1. The van der Waals surface area contributed by atoms with Crippen molar-refractivity contribution in [2.24, 2.45) is 0 Å². The fourth-order valence-corrected chi connectivity index (χ4v) is 3.24. The van der Waals surface area contributed by atoms with E-state index in [4.69, 9.17) is 5.73 Å². The van der Waals surface area contributed by atoms with Gasteiger partial charge in [0.05, 0.1) is 29.0 Å². The minimum Gasteiger partial charge on any atom is -0.398 e. The summed E-state index contributed by atoms with van der Waals surface area (Å²) in [4.78, 5) is 8.39. The Bertz CT molecular complexity index is 755. The number of anilines is 1. The predicted octanol–water partition coefficient (Wildman–Crippen LogP) is 1.46. The molecule has 2 rings (SSSR count). The SMILES string of the molecule is Cc1cc(N)c(C)c(S(=O)(=O)NCc2cnc(C)cn2)c1. The Morgan fingerprint density at radius 1 is 1.14 bits per heavy atom. The lowest BCUT2D eigenvalue weighted by Gasteiger charge is -2.12. The van der Waals surface area contributed by atoms with Crippen molar-refractivity contribution < 1.29 is 8.42 Å². The number of aryl methyl sites for hydroxylation is 2. The molecule has 0 bridgehead atoms. The number of hydrogen-bond donors (Lipinski definition) is 2. The van der Waals surface area contributed by atoms with Crippen LogP contribution in [-0.2, 0) is 16.6 Å². The van der Waals surface area contributed by atoms with E-state index >= 15 is 0 Å². The first-order chi connectivity index (χ1) is 9.79. The number of aromatic nitrogens is 2. The monoisotopic (exact) mass is 306 g/mol. The van der Waals surface area contributed by atoms with E-state index in [1.54, 1.807) is 38.4 Å². The molecule has 0 unspecified atom stereocenters. The zero-order valence-corrected chi connectivity index (χ0v) is 13.0. The molecule has 0 aliphatic heterocycles. The second-order valence-corrected chi connectivity index (χ2v) is 6.69. The first kappa shape index (κ1) is 15.4. The highest BCUT2D eigenvalue weighted by Crippen LogP contribution is 2.22. The molecular weight excluding hydrogens is 288 g/mol. The van der Waals surface area contributed by atoms with Gasteiger partial charge in [0.1, 0.15) is 0 Å². The number of hydrogen-bond acceptors (Lipinski definition) is 5. The molecule has 0 radical (unpaired) electrons. The van der Waals surface area contributed by atoms with Gasteiger partial charge < -0.3 is 5.73 Å². The topological polar surface area (TPSA) is 98.0 Å². The summed E-state index contributed by atoms with van der Waals surface area (Å²) < 4.78 is 27.3. The zero-order chi connectivity index (χ0) is 15.6. The van der Waals surface area contributed by atoms with Crippen molar-refractivity contribution in [2.75, 3.05) is 5.73 Å². The predicted molar refractivity (Wildman–Crippen MR) is 81.1 cm³/mol. The van der Waals surface area contributed by atoms with Gasteiger partial charge in [0.2, 0.25) is 10.0 Å². The Labute approximate surface area is 124 Å². The van der Waals surface area contributed by atoms with Crippen LogP contribution in [0.3, 0.4) is 0 Å². The third-order valence-corrected chi connectivity index (χ3v) is 4.64. The first-order valence-corrected chi connectivity index (χ1v) is 7.92. The molecule has 1 heterocycles. The molecule has 0 spiro atoms. The van der Waals surface area contributed by atoms with E-state index in [-0.39, 0.29) is 11.4 Å². The van der Waals surface area contributed by atoms with Crippen molar-refractivity contribution in [3.8, 4) is 0 Å². The number of nitrogens with two attached hydrogens (primary N) is 1. The molecule has 0 saturated carbocycles. The number of nitrogens with one attached hydrogen (secondary N) is 1. The van der Waals surface area contributed by atoms with Crippen LogP contribution in [0.1, 0.15) is 22.5 Å². The third-order valence-electron chi connectivity index (χ3n) is 3.11. The number of sulfonamides is 1. The van der Waals surface area contributed by atoms with Crippen LogP contribution >= 0.6 is 0 Å². The molecule has 6 nitrogen and oxygen atoms in total. The molecule has 1 aromatic carbocycles. The molecule has 1 aromatic heterocycles. The summed E-state index contributed by atoms with van der Waals surface area (Å²) in [5, 5.41) is 0. The van der Waals surface area contributed by atoms with Crippen LogP contribution in [0, 0.1) is 20.8 Å². The van der Waals surface area contributed by atoms with Crippen molar-refractivity contribution in [1.29, 1.82) is 0 Å². The van der Waals surface area contributed by atoms with E-state index in [9.17, 15) is 8.42 Å². The Morgan fingerprint density at radius 2 is 1.86 bits per heavy atom. The maximum atomic E-state index is 12.4. The highest BCUT2D eigenvalue weighted by Gasteiger charge is 2.18. The van der Waals surface area contributed by atoms with Gasteiger partial charge in [-0.15, -0.1) is 0 Å². The Kier molecular flexibility index (Phi) is 4.24. The van der Waals surface area contributed by atoms with Crippen LogP contribution in [0.5, 0.6) is 0 Å².